The first-order valence-electron chi connectivity index (χ1n) is 13.1. The molecule has 0 N–H and O–H groups in total. The number of sulfone groups is 1. The number of thioether (sulfide) groups is 1. The first-order valence-corrected chi connectivity index (χ1v) is 17.2. The van der Waals surface area contributed by atoms with Crippen LogP contribution in [0.3, 0.4) is 0 Å². The van der Waals surface area contributed by atoms with Crippen LogP contribution in [0.25, 0.3) is 21.3 Å². The van der Waals surface area contributed by atoms with Crippen molar-refractivity contribution in [2.45, 2.75) is 43.5 Å². The Morgan fingerprint density at radius 1 is 1.21 bits per heavy atom. The Hall–Kier alpha value is -2.55. The highest BCUT2D eigenvalue weighted by Crippen LogP contribution is 2.52. The topological polar surface area (TPSA) is 92.6 Å². The molecule has 6 rings (SSSR count). The molecule has 3 aromatic rings. The summed E-state index contributed by atoms with van der Waals surface area (Å²) in [6, 6.07) is 1.85. The van der Waals surface area contributed by atoms with E-state index in [1.54, 1.807) is 15.2 Å². The number of rotatable bonds is 3. The Morgan fingerprint density at radius 2 is 1.88 bits per heavy atom. The number of piperazine rings is 1. The van der Waals surface area contributed by atoms with Crippen molar-refractivity contribution in [1.82, 2.24) is 14.5 Å². The summed E-state index contributed by atoms with van der Waals surface area (Å²) in [5, 5.41) is 1.99. The zero-order chi connectivity index (χ0) is 30.4. The third-order valence-corrected chi connectivity index (χ3v) is 12.9. The number of alkyl halides is 3. The van der Waals surface area contributed by atoms with Gasteiger partial charge in [0.05, 0.1) is 27.6 Å². The van der Waals surface area contributed by atoms with Gasteiger partial charge in [0.1, 0.15) is 5.82 Å². The lowest BCUT2D eigenvalue weighted by molar-refractivity contribution is -0.137. The van der Waals surface area contributed by atoms with E-state index in [2.05, 4.69) is 11.6 Å². The third-order valence-electron chi connectivity index (χ3n) is 8.03. The molecule has 2 saturated heterocycles. The van der Waals surface area contributed by atoms with E-state index in [0.717, 1.165) is 29.2 Å². The number of anilines is 1. The summed E-state index contributed by atoms with van der Waals surface area (Å²) in [4.78, 5) is 34.5. The maximum absolute atomic E-state index is 14.8. The second-order valence-electron chi connectivity index (χ2n) is 11.3. The Morgan fingerprint density at radius 3 is 2.43 bits per heavy atom. The molecule has 0 unspecified atom stereocenters. The Kier molecular flexibility index (Phi) is 7.03. The van der Waals surface area contributed by atoms with Gasteiger partial charge in [0.2, 0.25) is 5.91 Å². The van der Waals surface area contributed by atoms with E-state index in [1.165, 1.54) is 16.7 Å². The molecule has 1 spiro atoms. The molecule has 2 atom stereocenters. The third kappa shape index (κ3) is 4.83. The fraction of sp³-hybridized carbons (Fsp3) is 0.444. The van der Waals surface area contributed by atoms with E-state index in [1.807, 2.05) is 13.8 Å². The summed E-state index contributed by atoms with van der Waals surface area (Å²) in [5.41, 5.74) is -2.13. The summed E-state index contributed by atoms with van der Waals surface area (Å²) in [7, 11) is -3.31. The normalized spacial score (nSPS) is 23.1. The van der Waals surface area contributed by atoms with E-state index >= 15 is 0 Å². The molecule has 42 heavy (non-hydrogen) atoms. The highest BCUT2D eigenvalue weighted by Gasteiger charge is 2.51. The molecule has 2 fully saturated rings. The van der Waals surface area contributed by atoms with Crippen molar-refractivity contribution in [3.63, 3.8) is 0 Å². The van der Waals surface area contributed by atoms with Crippen molar-refractivity contribution in [2.75, 3.05) is 35.2 Å². The largest absolute Gasteiger partial charge is 0.417 e. The van der Waals surface area contributed by atoms with Gasteiger partial charge in [0, 0.05) is 69.0 Å². The van der Waals surface area contributed by atoms with Gasteiger partial charge in [0.25, 0.3) is 0 Å². The molecule has 5 heterocycles. The van der Waals surface area contributed by atoms with Crippen LogP contribution in [0.15, 0.2) is 39.9 Å². The van der Waals surface area contributed by atoms with Crippen LogP contribution in [-0.4, -0.2) is 71.2 Å². The first-order chi connectivity index (χ1) is 19.6. The number of carbonyl (C=O) groups is 1. The average Bonchev–Trinajstić information content (AvgIpc) is 3.23. The standard InChI is InChI=1S/C27H26ClF3N4O4S3/c1-4-20(36)35-14(2)7-33(8-15(35)3)24-17-6-18(27(29,30)31)21(19-5-16(28)9-40-19)23-22(17)34(25(37)32-24)10-26(11-41-23)12-42(38,39)13-26/h4-6,9,14-15H,1,7-8,10-13H2,2-3H3/t14-,15+. The summed E-state index contributed by atoms with van der Waals surface area (Å²) >= 11 is 8.37. The highest BCUT2D eigenvalue weighted by molar-refractivity contribution is 8.00. The quantitative estimate of drug-likeness (QED) is 0.369. The molecule has 3 aliphatic heterocycles. The number of hydrogen-bond donors (Lipinski definition) is 0. The zero-order valence-electron chi connectivity index (χ0n) is 22.6. The molecule has 2 aromatic heterocycles. The smallest absolute Gasteiger partial charge is 0.352 e. The van der Waals surface area contributed by atoms with Crippen molar-refractivity contribution in [3.8, 4) is 10.4 Å². The van der Waals surface area contributed by atoms with Crippen LogP contribution < -0.4 is 10.6 Å². The number of thiophene rings is 1. The van der Waals surface area contributed by atoms with Crippen LogP contribution in [0.4, 0.5) is 19.0 Å². The molecular formula is C27H26ClF3N4O4S3. The minimum atomic E-state index is -4.76. The van der Waals surface area contributed by atoms with Gasteiger partial charge in [-0.2, -0.15) is 18.2 Å². The molecule has 224 valence electrons. The number of benzene rings is 1. The van der Waals surface area contributed by atoms with E-state index in [-0.39, 0.29) is 76.5 Å². The summed E-state index contributed by atoms with van der Waals surface area (Å²) in [6.45, 7) is 7.72. The van der Waals surface area contributed by atoms with Gasteiger partial charge in [-0.25, -0.2) is 13.2 Å². The highest BCUT2D eigenvalue weighted by atomic mass is 35.5. The molecule has 1 amide bonds. The van der Waals surface area contributed by atoms with E-state index in [0.29, 0.717) is 15.4 Å². The van der Waals surface area contributed by atoms with Gasteiger partial charge in [-0.15, -0.1) is 23.1 Å². The van der Waals surface area contributed by atoms with Gasteiger partial charge in [-0.1, -0.05) is 18.2 Å². The molecule has 1 aromatic carbocycles. The lowest BCUT2D eigenvalue weighted by Gasteiger charge is -2.44. The minimum Gasteiger partial charge on any atom is -0.352 e. The lowest BCUT2D eigenvalue weighted by Crippen LogP contribution is -2.59. The summed E-state index contributed by atoms with van der Waals surface area (Å²) < 4.78 is 70.3. The Labute approximate surface area is 253 Å². The van der Waals surface area contributed by atoms with Crippen LogP contribution in [0.1, 0.15) is 19.4 Å². The molecule has 8 nitrogen and oxygen atoms in total. The SMILES string of the molecule is C=CC(=O)N1[C@H](C)CN(c2nc(=O)n3c4c(c(-c5cc(Cl)cs5)c(C(F)(F)F)cc24)SCC2(C3)CS(=O)(=O)C2)C[C@@H]1C. The number of halogens is 4. The molecule has 0 bridgehead atoms. The summed E-state index contributed by atoms with van der Waals surface area (Å²) in [5.74, 6) is -0.237. The Bertz CT molecular complexity index is 1800. The molecular weight excluding hydrogens is 633 g/mol. The maximum Gasteiger partial charge on any atom is 0.417 e. The maximum atomic E-state index is 14.8. The van der Waals surface area contributed by atoms with Gasteiger partial charge in [-0.05, 0) is 32.1 Å². The van der Waals surface area contributed by atoms with Gasteiger partial charge in [-0.3, -0.25) is 9.36 Å². The lowest BCUT2D eigenvalue weighted by atomic mass is 9.94. The summed E-state index contributed by atoms with van der Waals surface area (Å²) in [6.07, 6.45) is -3.53. The van der Waals surface area contributed by atoms with Crippen molar-refractivity contribution in [2.24, 2.45) is 5.41 Å². The van der Waals surface area contributed by atoms with Crippen LogP contribution in [0.5, 0.6) is 0 Å². The number of amides is 1. The molecule has 15 heteroatoms. The second kappa shape index (κ2) is 10.00. The van der Waals surface area contributed by atoms with Crippen LogP contribution in [0.2, 0.25) is 5.02 Å². The van der Waals surface area contributed by atoms with Gasteiger partial charge in [0.15, 0.2) is 9.84 Å². The molecule has 0 aliphatic carbocycles. The monoisotopic (exact) mass is 658 g/mol. The van der Waals surface area contributed by atoms with Gasteiger partial charge >= 0.3 is 11.9 Å². The average molecular weight is 659 g/mol. The van der Waals surface area contributed by atoms with E-state index in [9.17, 15) is 31.2 Å². The predicted molar refractivity (Wildman–Crippen MR) is 159 cm³/mol. The molecule has 0 radical (unpaired) electrons. The fourth-order valence-corrected chi connectivity index (χ4v) is 11.6. The van der Waals surface area contributed by atoms with Crippen molar-refractivity contribution >= 4 is 67.2 Å². The van der Waals surface area contributed by atoms with E-state index in [4.69, 9.17) is 11.6 Å². The number of carbonyl (C=O) groups excluding carboxylic acids is 1. The first kappa shape index (κ1) is 29.5. The van der Waals surface area contributed by atoms with Crippen molar-refractivity contribution < 1.29 is 26.4 Å². The predicted octanol–water partition coefficient (Wildman–Crippen LogP) is 4.93. The Balaban J connectivity index is 1.63. The molecule has 3 aliphatic rings. The molecule has 0 saturated carbocycles. The zero-order valence-corrected chi connectivity index (χ0v) is 25.8. The van der Waals surface area contributed by atoms with Crippen LogP contribution >= 0.6 is 34.7 Å². The fourth-order valence-electron chi connectivity index (χ4n) is 6.54. The van der Waals surface area contributed by atoms with Crippen molar-refractivity contribution in [1.29, 1.82) is 0 Å². The number of nitrogens with zero attached hydrogens (tertiary/aromatic N) is 4. The van der Waals surface area contributed by atoms with Crippen LogP contribution in [0, 0.1) is 5.41 Å². The second-order valence-corrected chi connectivity index (χ2v) is 15.7. The van der Waals surface area contributed by atoms with Crippen LogP contribution in [-0.2, 0) is 27.4 Å². The van der Waals surface area contributed by atoms with Crippen molar-refractivity contribution in [3.05, 3.63) is 51.2 Å². The van der Waals surface area contributed by atoms with E-state index < -0.39 is 32.7 Å². The van der Waals surface area contributed by atoms with Gasteiger partial charge < -0.3 is 9.80 Å². The number of aromatic nitrogens is 2. The minimum absolute atomic E-state index is 0.0270. The number of hydrogen-bond acceptors (Lipinski definition) is 8.